The Kier molecular flexibility index (Phi) is 32.9. The number of aliphatic hydroxyl groups excluding tert-OH is 2. The average Bonchev–Trinajstić information content (AvgIpc) is 2.59. The molecule has 9 nitrogen and oxygen atoms in total. The molecule has 0 aliphatic rings. The van der Waals surface area contributed by atoms with Crippen molar-refractivity contribution in [3.8, 4) is 6.07 Å². The minimum absolute atomic E-state index is 0.0417. The Morgan fingerprint density at radius 3 is 1.27 bits per heavy atom. The van der Waals surface area contributed by atoms with Gasteiger partial charge < -0.3 is 29.9 Å². The van der Waals surface area contributed by atoms with Gasteiger partial charge in [-0.25, -0.2) is 9.59 Å². The molecule has 26 heavy (non-hydrogen) atoms. The average molecular weight is 375 g/mol. The molecule has 0 aliphatic carbocycles. The lowest BCUT2D eigenvalue weighted by Gasteiger charge is -2.01. The number of hydrogen-bond donors (Lipinski definition) is 4. The van der Waals surface area contributed by atoms with Gasteiger partial charge in [0, 0.05) is 17.2 Å². The molecule has 0 amide bonds. The minimum Gasteiger partial charge on any atom is -0.478 e. The molecule has 0 heterocycles. The van der Waals surface area contributed by atoms with Gasteiger partial charge in [0.2, 0.25) is 0 Å². The summed E-state index contributed by atoms with van der Waals surface area (Å²) in [4.78, 5) is 19.2. The number of carboxylic acids is 2. The maximum absolute atomic E-state index is 9.60. The van der Waals surface area contributed by atoms with E-state index >= 15 is 0 Å². The number of allylic oxidation sites excluding steroid dienone is 1. The van der Waals surface area contributed by atoms with Crippen LogP contribution in [0.4, 0.5) is 0 Å². The lowest BCUT2D eigenvalue weighted by molar-refractivity contribution is -0.133. The van der Waals surface area contributed by atoms with Crippen LogP contribution in [0.1, 0.15) is 13.8 Å². The molecule has 0 aromatic heterocycles. The van der Waals surface area contributed by atoms with Crippen molar-refractivity contribution in [2.75, 3.05) is 39.6 Å². The summed E-state index contributed by atoms with van der Waals surface area (Å²) < 4.78 is 9.75. The summed E-state index contributed by atoms with van der Waals surface area (Å²) >= 11 is 0. The van der Waals surface area contributed by atoms with E-state index in [4.69, 9.17) is 35.2 Å². The molecule has 4 N–H and O–H groups in total. The van der Waals surface area contributed by atoms with Crippen molar-refractivity contribution in [2.24, 2.45) is 0 Å². The Morgan fingerprint density at radius 2 is 1.15 bits per heavy atom. The molecule has 0 rings (SSSR count). The van der Waals surface area contributed by atoms with E-state index in [1.54, 1.807) is 6.07 Å². The molecule has 0 saturated carbocycles. The third-order valence-electron chi connectivity index (χ3n) is 1.66. The number of aliphatic hydroxyl groups is 2. The van der Waals surface area contributed by atoms with Crippen LogP contribution in [0.2, 0.25) is 0 Å². The highest BCUT2D eigenvalue weighted by Gasteiger charge is 1.90. The zero-order valence-electron chi connectivity index (χ0n) is 15.3. The van der Waals surface area contributed by atoms with E-state index in [9.17, 15) is 9.59 Å². The third kappa shape index (κ3) is 49.6. The third-order valence-corrected chi connectivity index (χ3v) is 1.66. The van der Waals surface area contributed by atoms with E-state index < -0.39 is 11.9 Å². The highest BCUT2D eigenvalue weighted by atomic mass is 16.5. The Labute approximate surface area is 154 Å². The van der Waals surface area contributed by atoms with Gasteiger partial charge in [-0.05, 0) is 13.8 Å². The molecule has 0 radical (unpaired) electrons. The van der Waals surface area contributed by atoms with E-state index in [0.717, 1.165) is 0 Å². The van der Waals surface area contributed by atoms with Gasteiger partial charge in [0.15, 0.2) is 0 Å². The van der Waals surface area contributed by atoms with Crippen molar-refractivity contribution in [1.29, 1.82) is 5.26 Å². The number of aliphatic carboxylic acids is 2. The standard InChI is InChI=1S/C6H14O4.2C4H6O2.C3H3N/c7-1-3-9-5-6-10-4-2-8;2*1-3(2)4(5)6;1-2-3-4/h7-8H,1-6H2;2*1H2,2H3,(H,5,6);2H,1H2. The van der Waals surface area contributed by atoms with Gasteiger partial charge in [-0.2, -0.15) is 5.26 Å². The van der Waals surface area contributed by atoms with Crippen LogP contribution in [0, 0.1) is 11.3 Å². The van der Waals surface area contributed by atoms with Gasteiger partial charge in [0.1, 0.15) is 0 Å². The lowest BCUT2D eigenvalue weighted by Crippen LogP contribution is -2.09. The number of hydrogen-bond acceptors (Lipinski definition) is 7. The molecule has 0 aromatic carbocycles. The summed E-state index contributed by atoms with van der Waals surface area (Å²) in [5.41, 5.74) is 0.352. The van der Waals surface area contributed by atoms with Crippen molar-refractivity contribution in [3.05, 3.63) is 37.0 Å². The van der Waals surface area contributed by atoms with Gasteiger partial charge in [-0.3, -0.25) is 0 Å². The monoisotopic (exact) mass is 375 g/mol. The van der Waals surface area contributed by atoms with Crippen LogP contribution in [0.25, 0.3) is 0 Å². The van der Waals surface area contributed by atoms with Crippen molar-refractivity contribution in [1.82, 2.24) is 0 Å². The minimum atomic E-state index is -0.935. The maximum atomic E-state index is 9.60. The summed E-state index contributed by atoms with van der Waals surface area (Å²) in [6.07, 6.45) is 1.18. The predicted octanol–water partition coefficient (Wildman–Crippen LogP) is 0.994. The first-order valence-electron chi connectivity index (χ1n) is 7.27. The molecule has 0 atom stereocenters. The van der Waals surface area contributed by atoms with E-state index in [0.29, 0.717) is 26.4 Å². The van der Waals surface area contributed by atoms with Crippen LogP contribution in [0.5, 0.6) is 0 Å². The first-order valence-corrected chi connectivity index (χ1v) is 7.27. The van der Waals surface area contributed by atoms with Gasteiger partial charge in [-0.15, -0.1) is 0 Å². The molecule has 9 heteroatoms. The fourth-order valence-corrected chi connectivity index (χ4v) is 0.451. The largest absolute Gasteiger partial charge is 0.478 e. The lowest BCUT2D eigenvalue weighted by atomic mass is 10.4. The molecule has 0 saturated heterocycles. The SMILES string of the molecule is C=C(C)C(=O)O.C=C(C)C(=O)O.C=CC#N.OCCOCCOCCO. The molecule has 0 spiro atoms. The fourth-order valence-electron chi connectivity index (χ4n) is 0.451. The number of carbonyl (C=O) groups is 2. The Balaban J connectivity index is -0.000000132. The fraction of sp³-hybridized carbons (Fsp3) is 0.471. The van der Waals surface area contributed by atoms with Gasteiger partial charge >= 0.3 is 11.9 Å². The topological polar surface area (TPSA) is 157 Å². The number of rotatable bonds is 9. The Bertz CT molecular complexity index is 385. The van der Waals surface area contributed by atoms with Gasteiger partial charge in [0.25, 0.3) is 0 Å². The van der Waals surface area contributed by atoms with Crippen LogP contribution in [0.3, 0.4) is 0 Å². The summed E-state index contributed by atoms with van der Waals surface area (Å²) in [6.45, 7) is 14.1. The van der Waals surface area contributed by atoms with E-state index in [-0.39, 0.29) is 24.4 Å². The van der Waals surface area contributed by atoms with Crippen molar-refractivity contribution < 1.29 is 39.5 Å². The Morgan fingerprint density at radius 1 is 0.923 bits per heavy atom. The molecule has 0 aliphatic heterocycles. The highest BCUT2D eigenvalue weighted by molar-refractivity contribution is 5.85. The first-order chi connectivity index (χ1) is 12.1. The number of nitrogens with zero attached hydrogens (tertiary/aromatic N) is 1. The van der Waals surface area contributed by atoms with Crippen LogP contribution < -0.4 is 0 Å². The molecule has 0 unspecified atom stereocenters. The van der Waals surface area contributed by atoms with Crippen molar-refractivity contribution >= 4 is 11.9 Å². The summed E-state index contributed by atoms with van der Waals surface area (Å²) in [6, 6.07) is 1.69. The molecule has 0 bridgehead atoms. The maximum Gasteiger partial charge on any atom is 0.330 e. The summed E-state index contributed by atoms with van der Waals surface area (Å²) in [5.74, 6) is -1.87. The predicted molar refractivity (Wildman–Crippen MR) is 96.5 cm³/mol. The van der Waals surface area contributed by atoms with Crippen molar-refractivity contribution in [2.45, 2.75) is 13.8 Å². The normalized spacial score (nSPS) is 7.96. The second-order valence-electron chi connectivity index (χ2n) is 4.18. The van der Waals surface area contributed by atoms with Crippen LogP contribution >= 0.6 is 0 Å². The highest BCUT2D eigenvalue weighted by Crippen LogP contribution is 1.81. The molecular weight excluding hydrogens is 346 g/mol. The molecule has 0 fully saturated rings. The van der Waals surface area contributed by atoms with Gasteiger partial charge in [-0.1, -0.05) is 19.7 Å². The van der Waals surface area contributed by atoms with Crippen LogP contribution in [-0.2, 0) is 19.1 Å². The van der Waals surface area contributed by atoms with E-state index in [1.807, 2.05) is 0 Å². The summed E-state index contributed by atoms with van der Waals surface area (Å²) in [5, 5.41) is 39.8. The summed E-state index contributed by atoms with van der Waals surface area (Å²) in [7, 11) is 0. The molecular formula is C17H29NO8. The van der Waals surface area contributed by atoms with Crippen molar-refractivity contribution in [3.63, 3.8) is 0 Å². The number of carboxylic acid groups (broad SMARTS) is 2. The molecule has 0 aromatic rings. The van der Waals surface area contributed by atoms with Crippen LogP contribution in [0.15, 0.2) is 37.0 Å². The van der Waals surface area contributed by atoms with E-state index in [1.165, 1.54) is 19.9 Å². The quantitative estimate of drug-likeness (QED) is 0.262. The number of nitriles is 1. The number of ether oxygens (including phenoxy) is 2. The second kappa shape index (κ2) is 27.3. The first kappa shape index (κ1) is 31.3. The second-order valence-corrected chi connectivity index (χ2v) is 4.18. The zero-order valence-corrected chi connectivity index (χ0v) is 15.3. The zero-order chi connectivity index (χ0) is 21.4. The molecule has 150 valence electrons. The van der Waals surface area contributed by atoms with Crippen LogP contribution in [-0.4, -0.2) is 72.0 Å². The smallest absolute Gasteiger partial charge is 0.330 e. The van der Waals surface area contributed by atoms with E-state index in [2.05, 4.69) is 19.7 Å². The van der Waals surface area contributed by atoms with Gasteiger partial charge in [0.05, 0.1) is 45.7 Å². The Hall–Kier alpha value is -2.51.